The predicted octanol–water partition coefficient (Wildman–Crippen LogP) is 2.41. The Morgan fingerprint density at radius 3 is 2.91 bits per heavy atom. The van der Waals surface area contributed by atoms with E-state index in [1.54, 1.807) is 18.4 Å². The van der Waals surface area contributed by atoms with Gasteiger partial charge in [0.05, 0.1) is 23.6 Å². The summed E-state index contributed by atoms with van der Waals surface area (Å²) >= 11 is 0. The Morgan fingerprint density at radius 1 is 1.50 bits per heavy atom. The number of nitrogens with zero attached hydrogens (tertiary/aromatic N) is 1. The van der Waals surface area contributed by atoms with Gasteiger partial charge in [-0.2, -0.15) is 4.39 Å². The minimum atomic E-state index is -1.19. The molecule has 2 aromatic rings. The fourth-order valence-electron chi connectivity index (χ4n) is 2.55. The van der Waals surface area contributed by atoms with Crippen LogP contribution in [-0.2, 0) is 4.74 Å². The van der Waals surface area contributed by atoms with E-state index in [2.05, 4.69) is 0 Å². The average molecular weight is 309 g/mol. The number of halogens is 2. The summed E-state index contributed by atoms with van der Waals surface area (Å²) in [6.45, 7) is 3.61. The Bertz CT molecular complexity index is 844. The molecule has 1 aromatic carbocycles. The third kappa shape index (κ3) is 1.96. The van der Waals surface area contributed by atoms with Crippen LogP contribution in [-0.4, -0.2) is 23.8 Å². The summed E-state index contributed by atoms with van der Waals surface area (Å²) in [6, 6.07) is 0.547. The molecular formula is C15H13F2NO4. The number of esters is 1. The fraction of sp³-hybridized carbons (Fsp3) is 0.333. The molecule has 0 amide bonds. The number of benzene rings is 1. The van der Waals surface area contributed by atoms with Crippen molar-refractivity contribution in [2.45, 2.75) is 19.9 Å². The Morgan fingerprint density at radius 2 is 2.23 bits per heavy atom. The van der Waals surface area contributed by atoms with Crippen molar-refractivity contribution in [3.05, 3.63) is 39.7 Å². The molecule has 1 aromatic heterocycles. The van der Waals surface area contributed by atoms with Crippen LogP contribution in [0, 0.1) is 11.6 Å². The fourth-order valence-corrected chi connectivity index (χ4v) is 2.55. The Kier molecular flexibility index (Phi) is 3.35. The second-order valence-electron chi connectivity index (χ2n) is 5.06. The van der Waals surface area contributed by atoms with Gasteiger partial charge in [0.15, 0.2) is 11.6 Å². The maximum Gasteiger partial charge on any atom is 0.343 e. The molecule has 0 radical (unpaired) electrons. The minimum absolute atomic E-state index is 0.105. The number of hydrogen-bond donors (Lipinski definition) is 0. The molecule has 5 nitrogen and oxygen atoms in total. The van der Waals surface area contributed by atoms with E-state index >= 15 is 0 Å². The predicted molar refractivity (Wildman–Crippen MR) is 74.3 cm³/mol. The van der Waals surface area contributed by atoms with Crippen LogP contribution in [0.15, 0.2) is 17.1 Å². The zero-order chi connectivity index (χ0) is 16.0. The van der Waals surface area contributed by atoms with Crippen LogP contribution < -0.4 is 10.2 Å². The third-order valence-electron chi connectivity index (χ3n) is 3.61. The lowest BCUT2D eigenvalue weighted by Gasteiger charge is -2.27. The van der Waals surface area contributed by atoms with Gasteiger partial charge in [-0.15, -0.1) is 0 Å². The van der Waals surface area contributed by atoms with Crippen LogP contribution in [0.25, 0.3) is 10.9 Å². The summed E-state index contributed by atoms with van der Waals surface area (Å²) < 4.78 is 39.2. The smallest absolute Gasteiger partial charge is 0.343 e. The number of pyridine rings is 1. The van der Waals surface area contributed by atoms with Gasteiger partial charge in [0.2, 0.25) is 11.2 Å². The Hall–Kier alpha value is -2.44. The lowest BCUT2D eigenvalue weighted by atomic mass is 10.1. The van der Waals surface area contributed by atoms with Gasteiger partial charge in [0, 0.05) is 6.20 Å². The van der Waals surface area contributed by atoms with Crippen molar-refractivity contribution in [2.24, 2.45) is 0 Å². The van der Waals surface area contributed by atoms with E-state index in [-0.39, 0.29) is 41.5 Å². The zero-order valence-electron chi connectivity index (χ0n) is 12.0. The molecule has 1 atom stereocenters. The van der Waals surface area contributed by atoms with Crippen molar-refractivity contribution >= 4 is 16.9 Å². The van der Waals surface area contributed by atoms with E-state index in [1.807, 2.05) is 0 Å². The van der Waals surface area contributed by atoms with Gasteiger partial charge in [0.25, 0.3) is 0 Å². The zero-order valence-corrected chi connectivity index (χ0v) is 12.0. The molecule has 0 N–H and O–H groups in total. The molecule has 2 heterocycles. The molecule has 22 heavy (non-hydrogen) atoms. The summed E-state index contributed by atoms with van der Waals surface area (Å²) in [4.78, 5) is 24.3. The van der Waals surface area contributed by atoms with E-state index in [1.165, 1.54) is 6.20 Å². The molecular weight excluding hydrogens is 296 g/mol. The van der Waals surface area contributed by atoms with Gasteiger partial charge in [-0.25, -0.2) is 9.18 Å². The molecule has 3 rings (SSSR count). The molecule has 0 unspecified atom stereocenters. The second-order valence-corrected chi connectivity index (χ2v) is 5.06. The van der Waals surface area contributed by atoms with Crippen LogP contribution in [0.2, 0.25) is 0 Å². The van der Waals surface area contributed by atoms with Crippen molar-refractivity contribution in [1.82, 2.24) is 4.57 Å². The summed E-state index contributed by atoms with van der Waals surface area (Å²) in [5.74, 6) is -3.43. The quantitative estimate of drug-likeness (QED) is 0.799. The maximum absolute atomic E-state index is 13.9. The van der Waals surface area contributed by atoms with E-state index in [0.717, 1.165) is 6.07 Å². The molecule has 7 heteroatoms. The topological polar surface area (TPSA) is 57.5 Å². The van der Waals surface area contributed by atoms with E-state index in [9.17, 15) is 18.4 Å². The number of aromatic nitrogens is 1. The van der Waals surface area contributed by atoms with Crippen molar-refractivity contribution in [3.8, 4) is 5.75 Å². The first-order valence-corrected chi connectivity index (χ1v) is 6.82. The number of rotatable bonds is 2. The number of ether oxygens (including phenoxy) is 2. The first kappa shape index (κ1) is 14.5. The lowest BCUT2D eigenvalue weighted by molar-refractivity contribution is 0.0523. The van der Waals surface area contributed by atoms with Crippen molar-refractivity contribution in [1.29, 1.82) is 0 Å². The highest BCUT2D eigenvalue weighted by atomic mass is 19.2. The largest absolute Gasteiger partial charge is 0.486 e. The highest BCUT2D eigenvalue weighted by Crippen LogP contribution is 2.35. The molecule has 0 spiro atoms. The number of carbonyl (C=O) groups excluding carboxylic acids is 1. The first-order chi connectivity index (χ1) is 10.5. The summed E-state index contributed by atoms with van der Waals surface area (Å²) in [5, 5.41) is -0.106. The summed E-state index contributed by atoms with van der Waals surface area (Å²) in [7, 11) is 0. The van der Waals surface area contributed by atoms with Gasteiger partial charge in [-0.3, -0.25) is 4.79 Å². The molecule has 0 bridgehead atoms. The second kappa shape index (κ2) is 5.08. The van der Waals surface area contributed by atoms with Crippen molar-refractivity contribution in [2.75, 3.05) is 13.2 Å². The SMILES string of the molecule is CCOC(=O)c1cn2c3c(c(F)c(F)cc3c1=O)OC[C@H]2C. The molecule has 0 aliphatic carbocycles. The first-order valence-electron chi connectivity index (χ1n) is 6.82. The maximum atomic E-state index is 13.9. The van der Waals surface area contributed by atoms with Crippen LogP contribution in [0.4, 0.5) is 8.78 Å². The molecule has 1 aliphatic rings. The highest BCUT2D eigenvalue weighted by Gasteiger charge is 2.28. The number of carbonyl (C=O) groups is 1. The van der Waals surface area contributed by atoms with Crippen LogP contribution in [0.1, 0.15) is 30.2 Å². The Labute approximate surface area is 124 Å². The average Bonchev–Trinajstić information content (AvgIpc) is 2.48. The standard InChI is InChI=1S/C15H13F2NO4/c1-3-21-15(20)9-5-18-7(2)6-22-14-11(17)10(16)4-8(12(14)18)13(9)19/h4-5,7H,3,6H2,1-2H3/t7-/m1/s1. The lowest BCUT2D eigenvalue weighted by Crippen LogP contribution is -2.27. The summed E-state index contributed by atoms with van der Waals surface area (Å²) in [5.41, 5.74) is -0.765. The third-order valence-corrected chi connectivity index (χ3v) is 3.61. The van der Waals surface area contributed by atoms with E-state index in [0.29, 0.717) is 0 Å². The van der Waals surface area contributed by atoms with Gasteiger partial charge in [0.1, 0.15) is 12.2 Å². The normalized spacial score (nSPS) is 16.5. The van der Waals surface area contributed by atoms with Crippen LogP contribution in [0.5, 0.6) is 5.75 Å². The monoisotopic (exact) mass is 309 g/mol. The molecule has 116 valence electrons. The van der Waals surface area contributed by atoms with Gasteiger partial charge < -0.3 is 14.0 Å². The molecule has 0 saturated carbocycles. The highest BCUT2D eigenvalue weighted by molar-refractivity contribution is 5.95. The molecule has 0 fully saturated rings. The van der Waals surface area contributed by atoms with E-state index in [4.69, 9.17) is 9.47 Å². The minimum Gasteiger partial charge on any atom is -0.486 e. The van der Waals surface area contributed by atoms with Crippen LogP contribution in [0.3, 0.4) is 0 Å². The van der Waals surface area contributed by atoms with Gasteiger partial charge in [-0.05, 0) is 19.9 Å². The van der Waals surface area contributed by atoms with Crippen molar-refractivity contribution in [3.63, 3.8) is 0 Å². The number of hydrogen-bond acceptors (Lipinski definition) is 4. The molecule has 0 saturated heterocycles. The van der Waals surface area contributed by atoms with Gasteiger partial charge in [-0.1, -0.05) is 0 Å². The summed E-state index contributed by atoms with van der Waals surface area (Å²) in [6.07, 6.45) is 1.32. The van der Waals surface area contributed by atoms with Gasteiger partial charge >= 0.3 is 5.97 Å². The van der Waals surface area contributed by atoms with Crippen LogP contribution >= 0.6 is 0 Å². The van der Waals surface area contributed by atoms with Crippen molar-refractivity contribution < 1.29 is 23.0 Å². The molecule has 1 aliphatic heterocycles. The Balaban J connectivity index is 2.42. The van der Waals surface area contributed by atoms with E-state index < -0.39 is 23.0 Å².